The highest BCUT2D eigenvalue weighted by Crippen LogP contribution is 2.27. The lowest BCUT2D eigenvalue weighted by Gasteiger charge is -2.05. The Morgan fingerprint density at radius 2 is 2.05 bits per heavy atom. The fourth-order valence-electron chi connectivity index (χ4n) is 1.67. The molecule has 0 saturated carbocycles. The molecule has 6 heteroatoms. The second-order valence-electron chi connectivity index (χ2n) is 4.08. The van der Waals surface area contributed by atoms with Crippen molar-refractivity contribution >= 4 is 34.7 Å². The second kappa shape index (κ2) is 7.07. The zero-order chi connectivity index (χ0) is 15.2. The zero-order valence-electron chi connectivity index (χ0n) is 11.2. The molecule has 0 aliphatic rings. The molecule has 0 aromatic heterocycles. The van der Waals surface area contributed by atoms with Crippen LogP contribution in [0.3, 0.4) is 0 Å². The molecule has 0 fully saturated rings. The van der Waals surface area contributed by atoms with Gasteiger partial charge in [-0.3, -0.25) is 4.79 Å². The van der Waals surface area contributed by atoms with Crippen molar-refractivity contribution in [1.82, 2.24) is 5.43 Å². The van der Waals surface area contributed by atoms with Gasteiger partial charge in [-0.1, -0.05) is 18.2 Å². The molecule has 0 aliphatic heterocycles. The predicted octanol–water partition coefficient (Wildman–Crippen LogP) is 2.77. The van der Waals surface area contributed by atoms with Crippen LogP contribution in [-0.2, 0) is 0 Å². The summed E-state index contributed by atoms with van der Waals surface area (Å²) in [5, 5.41) is 13.7. The van der Waals surface area contributed by atoms with Gasteiger partial charge in [0.15, 0.2) is 11.5 Å². The van der Waals surface area contributed by atoms with E-state index < -0.39 is 0 Å². The highest BCUT2D eigenvalue weighted by molar-refractivity contribution is 14.1. The number of ether oxygens (including phenoxy) is 1. The van der Waals surface area contributed by atoms with Gasteiger partial charge in [-0.25, -0.2) is 5.43 Å². The Hall–Kier alpha value is -2.09. The number of benzene rings is 2. The number of hydrogen-bond donors (Lipinski definition) is 2. The van der Waals surface area contributed by atoms with Gasteiger partial charge in [0.2, 0.25) is 0 Å². The third-order valence-corrected chi connectivity index (χ3v) is 3.68. The Labute approximate surface area is 135 Å². The van der Waals surface area contributed by atoms with Crippen LogP contribution in [0, 0.1) is 3.57 Å². The van der Waals surface area contributed by atoms with Crippen LogP contribution in [0.25, 0.3) is 0 Å². The third kappa shape index (κ3) is 3.72. The third-order valence-electron chi connectivity index (χ3n) is 2.74. The Balaban J connectivity index is 2.10. The molecule has 2 N–H and O–H groups in total. The van der Waals surface area contributed by atoms with Crippen LogP contribution in [-0.4, -0.2) is 24.3 Å². The molecule has 0 atom stereocenters. The van der Waals surface area contributed by atoms with Crippen LogP contribution in [0.15, 0.2) is 47.6 Å². The average molecular weight is 396 g/mol. The fraction of sp³-hybridized carbons (Fsp3) is 0.0667. The van der Waals surface area contributed by atoms with Crippen molar-refractivity contribution in [2.45, 2.75) is 0 Å². The van der Waals surface area contributed by atoms with Crippen molar-refractivity contribution in [3.05, 3.63) is 57.2 Å². The normalized spacial score (nSPS) is 10.6. The molecule has 0 heterocycles. The number of hydrazone groups is 1. The number of amides is 1. The Kier molecular flexibility index (Phi) is 5.15. The first-order valence-corrected chi connectivity index (χ1v) is 7.15. The molecule has 0 saturated heterocycles. The van der Waals surface area contributed by atoms with Crippen molar-refractivity contribution < 1.29 is 14.6 Å². The number of carbonyl (C=O) groups excluding carboxylic acids is 1. The lowest BCUT2D eigenvalue weighted by Crippen LogP contribution is -2.18. The average Bonchev–Trinajstić information content (AvgIpc) is 2.49. The van der Waals surface area contributed by atoms with Crippen molar-refractivity contribution in [3.63, 3.8) is 0 Å². The molecule has 108 valence electrons. The minimum Gasteiger partial charge on any atom is -0.504 e. The summed E-state index contributed by atoms with van der Waals surface area (Å²) in [4.78, 5) is 11.9. The number of methoxy groups -OCH3 is 1. The van der Waals surface area contributed by atoms with Crippen LogP contribution in [0.2, 0.25) is 0 Å². The molecule has 0 radical (unpaired) electrons. The molecule has 0 bridgehead atoms. The van der Waals surface area contributed by atoms with E-state index in [9.17, 15) is 9.90 Å². The largest absolute Gasteiger partial charge is 0.504 e. The molecule has 1 amide bonds. The molecule has 2 aromatic rings. The first-order chi connectivity index (χ1) is 10.1. The van der Waals surface area contributed by atoms with Gasteiger partial charge < -0.3 is 9.84 Å². The van der Waals surface area contributed by atoms with E-state index in [1.807, 2.05) is 12.1 Å². The molecule has 2 rings (SSSR count). The molecule has 5 nitrogen and oxygen atoms in total. The number of aromatic hydroxyl groups is 1. The van der Waals surface area contributed by atoms with Crippen molar-refractivity contribution in [3.8, 4) is 11.5 Å². The summed E-state index contributed by atoms with van der Waals surface area (Å²) in [7, 11) is 1.47. The van der Waals surface area contributed by atoms with Gasteiger partial charge in [0.1, 0.15) is 0 Å². The molecule has 0 aliphatic carbocycles. The maximum atomic E-state index is 11.9. The van der Waals surface area contributed by atoms with Gasteiger partial charge in [-0.05, 0) is 46.9 Å². The van der Waals surface area contributed by atoms with E-state index in [1.165, 1.54) is 13.3 Å². The SMILES string of the molecule is COc1cccc(/C=N\NC(=O)c2ccccc2I)c1O. The minimum atomic E-state index is -0.307. The van der Waals surface area contributed by atoms with Gasteiger partial charge in [-0.15, -0.1) is 0 Å². The molecule has 2 aromatic carbocycles. The Morgan fingerprint density at radius 1 is 1.29 bits per heavy atom. The number of nitrogens with one attached hydrogen (secondary N) is 1. The fourth-order valence-corrected chi connectivity index (χ4v) is 2.31. The standard InChI is InChI=1S/C15H13IN2O3/c1-21-13-8-4-5-10(14(13)19)9-17-18-15(20)11-6-2-3-7-12(11)16/h2-9,19H,1H3,(H,18,20)/b17-9-. The highest BCUT2D eigenvalue weighted by Gasteiger charge is 2.08. The Morgan fingerprint density at radius 3 is 2.76 bits per heavy atom. The number of phenolic OH excluding ortho intramolecular Hbond substituents is 1. The van der Waals surface area contributed by atoms with E-state index in [2.05, 4.69) is 33.1 Å². The number of nitrogens with zero attached hydrogens (tertiary/aromatic N) is 1. The molecular formula is C15H13IN2O3. The monoisotopic (exact) mass is 396 g/mol. The zero-order valence-corrected chi connectivity index (χ0v) is 13.4. The first-order valence-electron chi connectivity index (χ1n) is 6.07. The van der Waals surface area contributed by atoms with Crippen LogP contribution in [0.4, 0.5) is 0 Å². The number of phenols is 1. The van der Waals surface area contributed by atoms with Crippen LogP contribution < -0.4 is 10.2 Å². The number of hydrogen-bond acceptors (Lipinski definition) is 4. The summed E-state index contributed by atoms with van der Waals surface area (Å²) in [6, 6.07) is 12.2. The van der Waals surface area contributed by atoms with Gasteiger partial charge in [-0.2, -0.15) is 5.10 Å². The lowest BCUT2D eigenvalue weighted by atomic mass is 10.2. The van der Waals surface area contributed by atoms with Crippen molar-refractivity contribution in [2.75, 3.05) is 7.11 Å². The molecular weight excluding hydrogens is 383 g/mol. The van der Waals surface area contributed by atoms with E-state index in [0.29, 0.717) is 16.9 Å². The van der Waals surface area contributed by atoms with E-state index >= 15 is 0 Å². The number of carbonyl (C=O) groups is 1. The summed E-state index contributed by atoms with van der Waals surface area (Å²) < 4.78 is 5.84. The van der Waals surface area contributed by atoms with Crippen LogP contribution >= 0.6 is 22.6 Å². The summed E-state index contributed by atoms with van der Waals surface area (Å²) in [5.41, 5.74) is 3.43. The summed E-state index contributed by atoms with van der Waals surface area (Å²) in [5.74, 6) is 0.0220. The Bertz CT molecular complexity index is 686. The van der Waals surface area contributed by atoms with Crippen molar-refractivity contribution in [1.29, 1.82) is 0 Å². The quantitative estimate of drug-likeness (QED) is 0.475. The maximum absolute atomic E-state index is 11.9. The predicted molar refractivity (Wildman–Crippen MR) is 88.9 cm³/mol. The smallest absolute Gasteiger partial charge is 0.272 e. The van der Waals surface area contributed by atoms with Crippen LogP contribution in [0.1, 0.15) is 15.9 Å². The van der Waals surface area contributed by atoms with Gasteiger partial charge in [0.05, 0.1) is 18.9 Å². The van der Waals surface area contributed by atoms with E-state index in [0.717, 1.165) is 3.57 Å². The second-order valence-corrected chi connectivity index (χ2v) is 5.24. The highest BCUT2D eigenvalue weighted by atomic mass is 127. The minimum absolute atomic E-state index is 0.0210. The summed E-state index contributed by atoms with van der Waals surface area (Å²) in [6.07, 6.45) is 1.37. The maximum Gasteiger partial charge on any atom is 0.272 e. The van der Waals surface area contributed by atoms with Gasteiger partial charge >= 0.3 is 0 Å². The number of para-hydroxylation sites is 1. The van der Waals surface area contributed by atoms with E-state index in [4.69, 9.17) is 4.74 Å². The van der Waals surface area contributed by atoms with E-state index in [-0.39, 0.29) is 11.7 Å². The molecule has 0 spiro atoms. The summed E-state index contributed by atoms with van der Waals surface area (Å²) >= 11 is 2.08. The van der Waals surface area contributed by atoms with Crippen molar-refractivity contribution in [2.24, 2.45) is 5.10 Å². The number of halogens is 1. The first kappa shape index (κ1) is 15.3. The summed E-state index contributed by atoms with van der Waals surface area (Å²) in [6.45, 7) is 0. The number of rotatable bonds is 4. The van der Waals surface area contributed by atoms with E-state index in [1.54, 1.807) is 30.3 Å². The van der Waals surface area contributed by atoms with Crippen LogP contribution in [0.5, 0.6) is 11.5 Å². The molecule has 0 unspecified atom stereocenters. The molecule has 21 heavy (non-hydrogen) atoms. The lowest BCUT2D eigenvalue weighted by molar-refractivity contribution is 0.0954. The van der Waals surface area contributed by atoms with Gasteiger partial charge in [0, 0.05) is 9.13 Å². The topological polar surface area (TPSA) is 70.9 Å². The van der Waals surface area contributed by atoms with Gasteiger partial charge in [0.25, 0.3) is 5.91 Å².